The van der Waals surface area contributed by atoms with Gasteiger partial charge in [0.05, 0.1) is 12.0 Å². The molecule has 1 fully saturated rings. The SMILES string of the molecule is Cl.Cl.Cn1nnnc1SCC1=C(C(=O)O)N2C(=O)[C@@H](NC(=O)C(=NOCc3c[nH]cn3)c3csc(N)n3)[C@@H]2SC1. The van der Waals surface area contributed by atoms with Crippen LogP contribution in [0.25, 0.3) is 0 Å². The normalized spacial score (nSPS) is 18.3. The molecule has 16 nitrogen and oxygen atoms in total. The first-order chi connectivity index (χ1) is 18.3. The Morgan fingerprint density at radius 3 is 2.83 bits per heavy atom. The maximum Gasteiger partial charge on any atom is 0.352 e. The van der Waals surface area contributed by atoms with Crippen molar-refractivity contribution in [2.45, 2.75) is 23.2 Å². The van der Waals surface area contributed by atoms with E-state index in [0.29, 0.717) is 22.2 Å². The molecule has 2 aliphatic heterocycles. The highest BCUT2D eigenvalue weighted by atomic mass is 35.5. The van der Waals surface area contributed by atoms with Crippen molar-refractivity contribution < 1.29 is 24.3 Å². The van der Waals surface area contributed by atoms with Crippen LogP contribution in [0.15, 0.2) is 39.5 Å². The third kappa shape index (κ3) is 6.33. The number of halogens is 2. The van der Waals surface area contributed by atoms with Crippen LogP contribution < -0.4 is 11.1 Å². The number of aromatic nitrogens is 7. The number of aromatic amines is 1. The molecule has 0 unspecified atom stereocenters. The lowest BCUT2D eigenvalue weighted by atomic mass is 10.0. The molecule has 40 heavy (non-hydrogen) atoms. The topological polar surface area (TPSA) is 219 Å². The highest BCUT2D eigenvalue weighted by molar-refractivity contribution is 8.01. The van der Waals surface area contributed by atoms with Crippen LogP contribution in [-0.2, 0) is 32.9 Å². The molecule has 0 saturated carbocycles. The third-order valence-corrected chi connectivity index (χ3v) is 8.51. The Balaban J connectivity index is 0.00000220. The number of tetrazole rings is 1. The summed E-state index contributed by atoms with van der Waals surface area (Å²) in [5.41, 5.74) is 6.73. The summed E-state index contributed by atoms with van der Waals surface area (Å²) < 4.78 is 1.47. The smallest absolute Gasteiger partial charge is 0.352 e. The van der Waals surface area contributed by atoms with Crippen LogP contribution in [0.5, 0.6) is 0 Å². The molecule has 0 radical (unpaired) electrons. The first kappa shape index (κ1) is 31.1. The number of nitrogens with zero attached hydrogens (tertiary/aromatic N) is 8. The average molecular weight is 651 g/mol. The Hall–Kier alpha value is -3.39. The van der Waals surface area contributed by atoms with E-state index < -0.39 is 29.2 Å². The minimum Gasteiger partial charge on any atom is -0.477 e. The maximum absolute atomic E-state index is 13.2. The summed E-state index contributed by atoms with van der Waals surface area (Å²) in [4.78, 5) is 55.7. The summed E-state index contributed by atoms with van der Waals surface area (Å²) in [5, 5.41) is 29.3. The number of amides is 2. The van der Waals surface area contributed by atoms with Crippen LogP contribution in [0.2, 0.25) is 0 Å². The van der Waals surface area contributed by atoms with Crippen LogP contribution in [0, 0.1) is 0 Å². The number of imidazole rings is 1. The van der Waals surface area contributed by atoms with Crippen LogP contribution in [0.1, 0.15) is 11.4 Å². The zero-order valence-corrected chi connectivity index (χ0v) is 24.4. The Morgan fingerprint density at radius 1 is 1.40 bits per heavy atom. The van der Waals surface area contributed by atoms with Gasteiger partial charge in [-0.1, -0.05) is 16.9 Å². The van der Waals surface area contributed by atoms with Crippen LogP contribution in [0.4, 0.5) is 5.13 Å². The first-order valence-corrected chi connectivity index (χ1v) is 13.7. The van der Waals surface area contributed by atoms with E-state index in [4.69, 9.17) is 10.6 Å². The van der Waals surface area contributed by atoms with Crippen LogP contribution in [-0.4, -0.2) is 91.6 Å². The van der Waals surface area contributed by atoms with E-state index in [1.165, 1.54) is 44.8 Å². The third-order valence-electron chi connectivity index (χ3n) is 5.40. The molecule has 2 aliphatic rings. The number of rotatable bonds is 10. The van der Waals surface area contributed by atoms with E-state index in [9.17, 15) is 19.5 Å². The van der Waals surface area contributed by atoms with Crippen molar-refractivity contribution in [1.82, 2.24) is 45.4 Å². The molecule has 0 aromatic carbocycles. The zero-order chi connectivity index (χ0) is 26.8. The monoisotopic (exact) mass is 649 g/mol. The number of H-pyrrole nitrogens is 1. The molecule has 3 aromatic rings. The number of fused-ring (bicyclic) bond motifs is 1. The second-order valence-electron chi connectivity index (χ2n) is 7.84. The van der Waals surface area contributed by atoms with E-state index >= 15 is 0 Å². The highest BCUT2D eigenvalue weighted by Gasteiger charge is 2.54. The minimum atomic E-state index is -1.23. The van der Waals surface area contributed by atoms with Gasteiger partial charge in [-0.2, -0.15) is 0 Å². The molecule has 2 atom stereocenters. The number of anilines is 1. The van der Waals surface area contributed by atoms with E-state index in [1.807, 2.05) is 0 Å². The molecule has 1 saturated heterocycles. The van der Waals surface area contributed by atoms with Crippen LogP contribution in [0.3, 0.4) is 0 Å². The number of aliphatic carboxylic acids is 1. The van der Waals surface area contributed by atoms with E-state index in [1.54, 1.807) is 13.2 Å². The van der Waals surface area contributed by atoms with Crippen molar-refractivity contribution in [3.63, 3.8) is 0 Å². The number of carbonyl (C=O) groups excluding carboxylic acids is 2. The van der Waals surface area contributed by atoms with Gasteiger partial charge >= 0.3 is 5.97 Å². The Kier molecular flexibility index (Phi) is 10.4. The van der Waals surface area contributed by atoms with Gasteiger partial charge in [0.2, 0.25) is 5.16 Å². The number of hydrogen-bond donors (Lipinski definition) is 4. The Morgan fingerprint density at radius 2 is 2.20 bits per heavy atom. The standard InChI is InChI=1S/C19H19N11O5S3.2ClH/c1-29-19(25-27-28-29)38-5-8-4-36-16-12(15(32)30(16)13(8)17(33)34)24-14(31)11(10-6-37-18(20)23-10)26-35-3-9-2-21-7-22-9;;/h2,6-7,12,16H,3-5H2,1H3,(H2,20,23)(H,21,22)(H,24,31)(H,33,34);2*1H/t12-,16+;;/m1../s1. The molecule has 21 heteroatoms. The zero-order valence-electron chi connectivity index (χ0n) is 20.3. The van der Waals surface area contributed by atoms with Crippen molar-refractivity contribution >= 4 is 88.3 Å². The van der Waals surface area contributed by atoms with Crippen molar-refractivity contribution in [3.8, 4) is 0 Å². The molecular formula is C19H21Cl2N11O5S3. The van der Waals surface area contributed by atoms with E-state index in [0.717, 1.165) is 11.3 Å². The number of nitrogens with two attached hydrogens (primary N) is 1. The second-order valence-corrected chi connectivity index (χ2v) is 10.8. The largest absolute Gasteiger partial charge is 0.477 e. The van der Waals surface area contributed by atoms with Gasteiger partial charge in [0.1, 0.15) is 22.8 Å². The lowest BCUT2D eigenvalue weighted by Gasteiger charge is -2.49. The number of β-lactam (4-membered cyclic amide) rings is 1. The number of oxime groups is 1. The van der Waals surface area contributed by atoms with Crippen molar-refractivity contribution in [2.24, 2.45) is 12.2 Å². The summed E-state index contributed by atoms with van der Waals surface area (Å²) in [6.45, 7) is -0.00747. The van der Waals surface area contributed by atoms with Gasteiger partial charge in [0, 0.05) is 30.1 Å². The number of carboxylic acid groups (broad SMARTS) is 1. The summed E-state index contributed by atoms with van der Waals surface area (Å²) >= 11 is 3.72. The molecule has 5 heterocycles. The Bertz CT molecular complexity index is 1440. The molecule has 5 rings (SSSR count). The second kappa shape index (κ2) is 13.3. The molecular weight excluding hydrogens is 629 g/mol. The summed E-state index contributed by atoms with van der Waals surface area (Å²) in [7, 11) is 1.67. The number of aryl methyl sites for hydroxylation is 1. The molecule has 0 bridgehead atoms. The summed E-state index contributed by atoms with van der Waals surface area (Å²) in [6, 6.07) is -0.966. The molecule has 5 N–H and O–H groups in total. The van der Waals surface area contributed by atoms with E-state index in [2.05, 4.69) is 40.9 Å². The average Bonchev–Trinajstić information content (AvgIpc) is 3.66. The summed E-state index contributed by atoms with van der Waals surface area (Å²) in [5.74, 6) is -1.87. The lowest BCUT2D eigenvalue weighted by molar-refractivity contribution is -0.150. The number of thioether (sulfide) groups is 2. The predicted molar refractivity (Wildman–Crippen MR) is 150 cm³/mol. The quantitative estimate of drug-likeness (QED) is 0.100. The van der Waals surface area contributed by atoms with Gasteiger partial charge in [0.25, 0.3) is 11.8 Å². The number of nitrogens with one attached hydrogen (secondary N) is 2. The molecule has 214 valence electrons. The van der Waals surface area contributed by atoms with Gasteiger partial charge in [-0.3, -0.25) is 14.5 Å². The van der Waals surface area contributed by atoms with Crippen molar-refractivity contribution in [2.75, 3.05) is 17.2 Å². The highest BCUT2D eigenvalue weighted by Crippen LogP contribution is 2.41. The molecule has 0 spiro atoms. The van der Waals surface area contributed by atoms with Gasteiger partial charge in [-0.15, -0.1) is 53.0 Å². The van der Waals surface area contributed by atoms with Gasteiger partial charge < -0.3 is 26.0 Å². The predicted octanol–water partition coefficient (Wildman–Crippen LogP) is 0.267. The fourth-order valence-corrected chi connectivity index (χ4v) is 6.52. The molecule has 0 aliphatic carbocycles. The minimum absolute atomic E-state index is 0. The lowest BCUT2D eigenvalue weighted by Crippen LogP contribution is -2.71. The number of carboxylic acids is 1. The van der Waals surface area contributed by atoms with Crippen molar-refractivity contribution in [3.05, 3.63) is 40.6 Å². The molecule has 2 amide bonds. The van der Waals surface area contributed by atoms with Crippen LogP contribution >= 0.6 is 59.7 Å². The molecule has 3 aromatic heterocycles. The fraction of sp³-hybridized carbons (Fsp3) is 0.316. The fourth-order valence-electron chi connectivity index (χ4n) is 3.63. The Labute approximate surface area is 250 Å². The maximum atomic E-state index is 13.2. The van der Waals surface area contributed by atoms with Gasteiger partial charge in [-0.05, 0) is 16.0 Å². The first-order valence-electron chi connectivity index (χ1n) is 10.8. The number of carbonyl (C=O) groups is 3. The summed E-state index contributed by atoms with van der Waals surface area (Å²) in [6.07, 6.45) is 3.09. The van der Waals surface area contributed by atoms with Gasteiger partial charge in [-0.25, -0.2) is 19.4 Å². The van der Waals surface area contributed by atoms with E-state index in [-0.39, 0.29) is 59.4 Å². The number of thiazole rings is 1. The van der Waals surface area contributed by atoms with Gasteiger partial charge in [0.15, 0.2) is 17.5 Å². The number of nitrogen functional groups attached to an aromatic ring is 1. The number of hydrogen-bond acceptors (Lipinski definition) is 14. The van der Waals surface area contributed by atoms with Crippen molar-refractivity contribution in [1.29, 1.82) is 0 Å².